The summed E-state index contributed by atoms with van der Waals surface area (Å²) in [6, 6.07) is 25.8. The van der Waals surface area contributed by atoms with Crippen LogP contribution >= 0.6 is 11.3 Å². The summed E-state index contributed by atoms with van der Waals surface area (Å²) in [5.74, 6) is 0.671. The Labute approximate surface area is 453 Å². The number of unbranched alkanes of at least 4 members (excludes halogenated alkanes) is 8. The molecule has 16 heteroatoms. The number of aromatic nitrogens is 4. The molecule has 76 heavy (non-hydrogen) atoms. The number of amides is 3. The van der Waals surface area contributed by atoms with Crippen LogP contribution in [0.25, 0.3) is 38.5 Å². The van der Waals surface area contributed by atoms with Gasteiger partial charge in [-0.15, -0.1) is 11.3 Å². The zero-order valence-corrected chi connectivity index (χ0v) is 46.3. The van der Waals surface area contributed by atoms with E-state index in [1.54, 1.807) is 11.3 Å². The zero-order valence-electron chi connectivity index (χ0n) is 45.5. The predicted octanol–water partition coefficient (Wildman–Crippen LogP) is 9.18. The molecule has 2 saturated heterocycles. The van der Waals surface area contributed by atoms with Gasteiger partial charge >= 0.3 is 0 Å². The molecule has 2 aliphatic heterocycles. The Bertz CT molecular complexity index is 2890. The molecule has 3 aromatic heterocycles. The lowest BCUT2D eigenvalue weighted by Crippen LogP contribution is -2.57. The highest BCUT2D eigenvalue weighted by atomic mass is 32.1. The van der Waals surface area contributed by atoms with Crippen LogP contribution < -0.4 is 20.3 Å². The number of fused-ring (bicyclic) bond motifs is 1. The fourth-order valence-electron chi connectivity index (χ4n) is 10.7. The molecule has 6 aromatic rings. The van der Waals surface area contributed by atoms with E-state index in [1.807, 2.05) is 62.0 Å². The molecule has 0 bridgehead atoms. The van der Waals surface area contributed by atoms with Crippen molar-refractivity contribution in [3.05, 3.63) is 107 Å². The summed E-state index contributed by atoms with van der Waals surface area (Å²) in [6.45, 7) is 16.2. The van der Waals surface area contributed by atoms with E-state index in [-0.39, 0.29) is 43.8 Å². The number of carbonyl (C=O) groups is 3. The second-order valence-electron chi connectivity index (χ2n) is 21.8. The van der Waals surface area contributed by atoms with E-state index in [9.17, 15) is 24.6 Å². The van der Waals surface area contributed by atoms with Gasteiger partial charge in [-0.2, -0.15) is 9.61 Å². The number of β-amino-alcohol motifs (C(OH)–C–C–N with tert-alkyl or cyclic N) is 2. The van der Waals surface area contributed by atoms with Crippen LogP contribution in [0.3, 0.4) is 0 Å². The summed E-state index contributed by atoms with van der Waals surface area (Å²) in [5.41, 5.74) is 11.4. The van der Waals surface area contributed by atoms with Crippen LogP contribution in [0, 0.1) is 19.3 Å². The second kappa shape index (κ2) is 26.2. The first-order chi connectivity index (χ1) is 36.7. The minimum Gasteiger partial charge on any atom is -0.493 e. The highest BCUT2D eigenvalue weighted by molar-refractivity contribution is 7.13. The van der Waals surface area contributed by atoms with Crippen LogP contribution in [0.2, 0.25) is 0 Å². The van der Waals surface area contributed by atoms with Crippen LogP contribution in [-0.2, 0) is 27.3 Å². The quantitative estimate of drug-likeness (QED) is 0.0425. The molecule has 0 radical (unpaired) electrons. The van der Waals surface area contributed by atoms with E-state index in [4.69, 9.17) is 14.8 Å². The number of aliphatic hydroxyl groups is 2. The molecule has 3 atom stereocenters. The first-order valence-corrected chi connectivity index (χ1v) is 28.4. The summed E-state index contributed by atoms with van der Waals surface area (Å²) in [6.07, 6.45) is 10.6. The fourth-order valence-corrected chi connectivity index (χ4v) is 11.5. The van der Waals surface area contributed by atoms with Gasteiger partial charge in [0.05, 0.1) is 46.8 Å². The van der Waals surface area contributed by atoms with Crippen LogP contribution in [0.4, 0.5) is 5.82 Å². The van der Waals surface area contributed by atoms with Crippen molar-refractivity contribution in [1.82, 2.24) is 40.0 Å². The Morgan fingerprint density at radius 2 is 1.54 bits per heavy atom. The molecule has 4 N–H and O–H groups in total. The highest BCUT2D eigenvalue weighted by Gasteiger charge is 2.44. The van der Waals surface area contributed by atoms with Crippen molar-refractivity contribution in [2.45, 2.75) is 137 Å². The molecule has 0 saturated carbocycles. The van der Waals surface area contributed by atoms with Gasteiger partial charge in [0.15, 0.2) is 5.65 Å². The number of aliphatic hydroxyl groups excluding tert-OH is 2. The van der Waals surface area contributed by atoms with Gasteiger partial charge in [-0.25, -0.2) is 9.97 Å². The number of piperazine rings is 1. The average molecular weight is 1050 g/mol. The summed E-state index contributed by atoms with van der Waals surface area (Å²) in [4.78, 5) is 56.4. The maximum atomic E-state index is 13.8. The highest BCUT2D eigenvalue weighted by Crippen LogP contribution is 2.35. The zero-order chi connectivity index (χ0) is 53.8. The fraction of sp³-hybridized carbons (Fsp3) is 0.500. The van der Waals surface area contributed by atoms with Crippen molar-refractivity contribution in [1.29, 1.82) is 0 Å². The normalized spacial score (nSPS) is 16.6. The molecule has 3 aromatic carbocycles. The van der Waals surface area contributed by atoms with Gasteiger partial charge in [-0.1, -0.05) is 132 Å². The third-order valence-electron chi connectivity index (χ3n) is 14.9. The summed E-state index contributed by atoms with van der Waals surface area (Å²) in [7, 11) is 0. The molecule has 15 nitrogen and oxygen atoms in total. The number of hydrogen-bond donors (Lipinski definition) is 4. The van der Waals surface area contributed by atoms with Gasteiger partial charge in [0.25, 0.3) is 0 Å². The molecule has 5 heterocycles. The Morgan fingerprint density at radius 3 is 2.22 bits per heavy atom. The van der Waals surface area contributed by atoms with E-state index in [0.29, 0.717) is 18.9 Å². The number of thiazole rings is 1. The van der Waals surface area contributed by atoms with Crippen molar-refractivity contribution >= 4 is 40.5 Å². The number of rotatable bonds is 24. The van der Waals surface area contributed by atoms with Gasteiger partial charge < -0.3 is 35.4 Å². The van der Waals surface area contributed by atoms with Gasteiger partial charge in [0, 0.05) is 81.9 Å². The average Bonchev–Trinajstić information content (AvgIpc) is 4.13. The monoisotopic (exact) mass is 1050 g/mol. The van der Waals surface area contributed by atoms with Crippen molar-refractivity contribution < 1.29 is 29.3 Å². The lowest BCUT2D eigenvalue weighted by Gasteiger charge is -2.35. The number of nitrogens with zero attached hydrogens (tertiary/aromatic N) is 7. The summed E-state index contributed by atoms with van der Waals surface area (Å²) < 4.78 is 8.49. The smallest absolute Gasteiger partial charge is 0.246 e. The third kappa shape index (κ3) is 14.2. The standard InChI is InChI=1S/C60H79N9O6S/c1-41-54(57-64-50(45-22-16-14-17-23-45)37-53(69(57)65-41)67-29-27-66(28-30-67)31-32-70)46-24-19-21-44(34-46)20-15-12-10-8-7-9-11-13-18-33-75-52-35-47(55-42(2)62-40-76-55)25-26-48(52)38-61-58(73)51-36-49(72)39-68(51)59(74)56(60(4,5)6)63-43(3)71/h14,16-17,19,21-26,34-35,37,40,49,51,56,70,72H,7-13,15,18,20,27-33,36,38-39H2,1-6H3,(H,61,73)(H,63,71)/t49-,51+,56-/m1/s1. The van der Waals surface area contributed by atoms with Crippen LogP contribution in [0.1, 0.15) is 114 Å². The second-order valence-corrected chi connectivity index (χ2v) is 22.7. The van der Waals surface area contributed by atoms with Gasteiger partial charge in [-0.05, 0) is 61.3 Å². The minimum absolute atomic E-state index is 0.0215. The van der Waals surface area contributed by atoms with Crippen molar-refractivity contribution in [2.24, 2.45) is 5.41 Å². The van der Waals surface area contributed by atoms with E-state index >= 15 is 0 Å². The van der Waals surface area contributed by atoms with Gasteiger partial charge in [-0.3, -0.25) is 19.3 Å². The Morgan fingerprint density at radius 1 is 0.829 bits per heavy atom. The molecule has 0 unspecified atom stereocenters. The van der Waals surface area contributed by atoms with Crippen molar-refractivity contribution in [3.63, 3.8) is 0 Å². The van der Waals surface area contributed by atoms with Crippen LogP contribution in [0.5, 0.6) is 5.75 Å². The number of nitrogens with one attached hydrogen (secondary N) is 2. The topological polar surface area (TPSA) is 178 Å². The number of benzene rings is 3. The number of carbonyl (C=O) groups excluding carboxylic acids is 3. The molecule has 2 fully saturated rings. The molecule has 8 rings (SSSR count). The summed E-state index contributed by atoms with van der Waals surface area (Å²) in [5, 5.41) is 31.0. The third-order valence-corrected chi connectivity index (χ3v) is 15.8. The van der Waals surface area contributed by atoms with Crippen LogP contribution in [0.15, 0.2) is 84.4 Å². The molecule has 406 valence electrons. The Kier molecular flexibility index (Phi) is 19.3. The van der Waals surface area contributed by atoms with Crippen molar-refractivity contribution in [2.75, 3.05) is 57.4 Å². The van der Waals surface area contributed by atoms with E-state index in [0.717, 1.165) is 120 Å². The van der Waals surface area contributed by atoms with Gasteiger partial charge in [0.1, 0.15) is 23.7 Å². The number of hydrogen-bond acceptors (Lipinski definition) is 12. The molecule has 2 aliphatic rings. The van der Waals surface area contributed by atoms with Crippen LogP contribution in [-0.4, -0.2) is 128 Å². The molecule has 0 aliphatic carbocycles. The summed E-state index contributed by atoms with van der Waals surface area (Å²) >= 11 is 1.58. The number of likely N-dealkylation sites (tertiary alicyclic amines) is 1. The largest absolute Gasteiger partial charge is 0.493 e. The molecule has 3 amide bonds. The minimum atomic E-state index is -0.867. The first-order valence-electron chi connectivity index (χ1n) is 27.5. The SMILES string of the molecule is CC(=O)N[C@H](C(=O)N1C[C@H](O)C[C@H]1C(=O)NCc1ccc(-c2scnc2C)cc1OCCCCCCCCCCCc1cccc(-c2c(C)nn3c(N4CCN(CCO)CC4)cc(-c4ccccc4)nc23)c1)C(C)(C)C. The molecule has 0 spiro atoms. The van der Waals surface area contributed by atoms with Crippen molar-refractivity contribution in [3.8, 4) is 38.6 Å². The van der Waals surface area contributed by atoms with E-state index in [2.05, 4.69) is 86.9 Å². The number of ether oxygens (including phenoxy) is 1. The maximum Gasteiger partial charge on any atom is 0.246 e. The first kappa shape index (κ1) is 56.0. The number of aryl methyl sites for hydroxylation is 3. The Hall–Kier alpha value is -6.20. The van der Waals surface area contributed by atoms with E-state index < -0.39 is 23.6 Å². The number of anilines is 1. The predicted molar refractivity (Wildman–Crippen MR) is 302 cm³/mol. The molecular formula is C60H79N9O6S. The lowest BCUT2D eigenvalue weighted by atomic mass is 9.85. The lowest BCUT2D eigenvalue weighted by molar-refractivity contribution is -0.143. The Balaban J connectivity index is 0.790. The molecular weight excluding hydrogens is 975 g/mol. The maximum absolute atomic E-state index is 13.8. The van der Waals surface area contributed by atoms with Gasteiger partial charge in [0.2, 0.25) is 17.7 Å². The van der Waals surface area contributed by atoms with E-state index in [1.165, 1.54) is 49.5 Å².